The van der Waals surface area contributed by atoms with Gasteiger partial charge in [0.15, 0.2) is 11.5 Å². The van der Waals surface area contributed by atoms with Gasteiger partial charge in [-0.3, -0.25) is 9.59 Å². The molecule has 0 saturated carbocycles. The van der Waals surface area contributed by atoms with E-state index in [-0.39, 0.29) is 5.57 Å². The molecule has 182 valence electrons. The summed E-state index contributed by atoms with van der Waals surface area (Å²) in [4.78, 5) is 29.8. The first-order valence-electron chi connectivity index (χ1n) is 11.6. The maximum absolute atomic E-state index is 13.4. The Hall–Kier alpha value is -2.88. The summed E-state index contributed by atoms with van der Waals surface area (Å²) in [5.74, 6) is -0.683. The lowest BCUT2D eigenvalue weighted by atomic mass is 9.95. The highest BCUT2D eigenvalue weighted by atomic mass is 32.1. The molecule has 34 heavy (non-hydrogen) atoms. The monoisotopic (exact) mass is 486 g/mol. The fraction of sp³-hybridized carbons (Fsp3) is 0.440. The molecule has 3 heterocycles. The number of ether oxygens (including phenoxy) is 3. The number of thiophene rings is 1. The Morgan fingerprint density at radius 1 is 1.26 bits per heavy atom. The predicted octanol–water partition coefficient (Wildman–Crippen LogP) is 0.841. The number of benzene rings is 1. The molecule has 0 bridgehead atoms. The third-order valence-corrected chi connectivity index (χ3v) is 7.01. The highest BCUT2D eigenvalue weighted by Crippen LogP contribution is 2.41. The van der Waals surface area contributed by atoms with Crippen LogP contribution in [0.5, 0.6) is 11.5 Å². The fourth-order valence-electron chi connectivity index (χ4n) is 4.36. The van der Waals surface area contributed by atoms with Gasteiger partial charge in [0.25, 0.3) is 0 Å². The molecular weight excluding hydrogens is 456 g/mol. The van der Waals surface area contributed by atoms with E-state index in [1.54, 1.807) is 42.8 Å². The maximum atomic E-state index is 13.4. The van der Waals surface area contributed by atoms with Crippen LogP contribution in [-0.2, 0) is 9.53 Å². The van der Waals surface area contributed by atoms with Gasteiger partial charge in [0, 0.05) is 5.57 Å². The Morgan fingerprint density at radius 2 is 2.06 bits per heavy atom. The van der Waals surface area contributed by atoms with Crippen molar-refractivity contribution >= 4 is 23.0 Å². The van der Waals surface area contributed by atoms with Gasteiger partial charge in [-0.05, 0) is 41.3 Å². The minimum atomic E-state index is -0.774. The molecule has 1 N–H and O–H groups in total. The van der Waals surface area contributed by atoms with Gasteiger partial charge < -0.3 is 29.1 Å². The summed E-state index contributed by atoms with van der Waals surface area (Å²) in [6.07, 6.45) is 0.849. The molecule has 0 aliphatic carbocycles. The normalized spacial score (nSPS) is 19.1. The second kappa shape index (κ2) is 11.0. The Kier molecular flexibility index (Phi) is 7.87. The summed E-state index contributed by atoms with van der Waals surface area (Å²) in [5.41, 5.74) is 0.644. The molecule has 1 fully saturated rings. The van der Waals surface area contributed by atoms with Crippen molar-refractivity contribution in [3.05, 3.63) is 57.5 Å². The topological polar surface area (TPSA) is 92.6 Å². The number of carbonyl (C=O) groups is 2. The van der Waals surface area contributed by atoms with E-state index < -0.39 is 23.5 Å². The largest absolute Gasteiger partial charge is 0.868 e. The van der Waals surface area contributed by atoms with Crippen LogP contribution in [0.4, 0.5) is 0 Å². The molecule has 1 unspecified atom stereocenters. The summed E-state index contributed by atoms with van der Waals surface area (Å²) < 4.78 is 16.7. The number of nitrogens with zero attached hydrogens (tertiary/aromatic N) is 1. The van der Waals surface area contributed by atoms with E-state index >= 15 is 0 Å². The van der Waals surface area contributed by atoms with Crippen LogP contribution in [0, 0.1) is 0 Å². The molecule has 9 heteroatoms. The second-order valence-electron chi connectivity index (χ2n) is 8.32. The van der Waals surface area contributed by atoms with Crippen LogP contribution < -0.4 is 19.5 Å². The van der Waals surface area contributed by atoms with E-state index in [1.165, 1.54) is 21.1 Å². The van der Waals surface area contributed by atoms with Crippen LogP contribution >= 0.6 is 11.3 Å². The Morgan fingerprint density at radius 3 is 2.74 bits per heavy atom. The van der Waals surface area contributed by atoms with E-state index in [9.17, 15) is 14.7 Å². The van der Waals surface area contributed by atoms with Gasteiger partial charge in [0.1, 0.15) is 13.1 Å². The van der Waals surface area contributed by atoms with Gasteiger partial charge in [-0.1, -0.05) is 19.1 Å². The van der Waals surface area contributed by atoms with E-state index in [1.807, 2.05) is 6.92 Å². The standard InChI is InChI=1S/C25H30N2O6S/c1-3-12-33-18-7-6-17(16-19(18)31-2)22-21(23(28)20-5-4-15-34-20)24(29)25(30)27(22)9-8-26-10-13-32-14-11-26/h4-7,15-16,22,29H,3,8-14H2,1-2H3. The number of methoxy groups -OCH3 is 1. The number of Topliss-reactive ketones (excluding diaryl/α,β-unsaturated/α-hetero) is 1. The molecule has 0 spiro atoms. The summed E-state index contributed by atoms with van der Waals surface area (Å²) in [7, 11) is 1.55. The third-order valence-electron chi connectivity index (χ3n) is 6.15. The van der Waals surface area contributed by atoms with Crippen LogP contribution in [0.2, 0.25) is 0 Å². The molecular formula is C25H30N2O6S. The van der Waals surface area contributed by atoms with E-state index in [0.29, 0.717) is 54.8 Å². The Balaban J connectivity index is 1.69. The number of hydrogen-bond acceptors (Lipinski definition) is 7. The number of nitrogens with one attached hydrogen (secondary N) is 1. The van der Waals surface area contributed by atoms with E-state index in [4.69, 9.17) is 14.2 Å². The first-order chi connectivity index (χ1) is 16.5. The van der Waals surface area contributed by atoms with Crippen LogP contribution in [0.3, 0.4) is 0 Å². The molecule has 1 aromatic carbocycles. The van der Waals surface area contributed by atoms with Crippen molar-refractivity contribution in [2.75, 3.05) is 53.1 Å². The number of carbonyl (C=O) groups excluding carboxylic acids is 2. The molecule has 4 rings (SSSR count). The summed E-state index contributed by atoms with van der Waals surface area (Å²) >= 11 is 1.26. The zero-order chi connectivity index (χ0) is 24.1. The van der Waals surface area contributed by atoms with Crippen molar-refractivity contribution in [1.82, 2.24) is 4.90 Å². The summed E-state index contributed by atoms with van der Waals surface area (Å²) in [6.45, 7) is 6.65. The van der Waals surface area contributed by atoms with Crippen LogP contribution in [0.25, 0.3) is 0 Å². The van der Waals surface area contributed by atoms with Gasteiger partial charge in [-0.2, -0.15) is 0 Å². The molecule has 1 atom stereocenters. The first-order valence-corrected chi connectivity index (χ1v) is 12.5. The number of morpholine rings is 1. The highest BCUT2D eigenvalue weighted by molar-refractivity contribution is 7.12. The Bertz CT molecular complexity index is 1050. The number of quaternary nitrogens is 1. The van der Waals surface area contributed by atoms with Gasteiger partial charge in [-0.15, -0.1) is 11.3 Å². The van der Waals surface area contributed by atoms with Crippen molar-refractivity contribution in [2.24, 2.45) is 0 Å². The van der Waals surface area contributed by atoms with E-state index in [2.05, 4.69) is 0 Å². The molecule has 8 nitrogen and oxygen atoms in total. The lowest BCUT2D eigenvalue weighted by Crippen LogP contribution is -3.14. The minimum absolute atomic E-state index is 0.00583. The molecule has 2 aliphatic rings. The van der Waals surface area contributed by atoms with Crippen LogP contribution in [0.1, 0.15) is 34.6 Å². The molecule has 1 saturated heterocycles. The molecule has 2 aromatic rings. The Labute approximate surface area is 203 Å². The number of ketones is 1. The number of hydrogen-bond donors (Lipinski definition) is 1. The molecule has 1 aromatic heterocycles. The number of rotatable bonds is 10. The third kappa shape index (κ3) is 4.96. The number of amides is 1. The average Bonchev–Trinajstić information content (AvgIpc) is 3.49. The van der Waals surface area contributed by atoms with Crippen molar-refractivity contribution < 1.29 is 33.8 Å². The van der Waals surface area contributed by atoms with Crippen LogP contribution in [-0.4, -0.2) is 69.7 Å². The van der Waals surface area contributed by atoms with Crippen molar-refractivity contribution in [3.63, 3.8) is 0 Å². The quantitative estimate of drug-likeness (QED) is 0.501. The smallest absolute Gasteiger partial charge is 0.240 e. The lowest BCUT2D eigenvalue weighted by molar-refractivity contribution is -0.907. The average molecular weight is 487 g/mol. The highest BCUT2D eigenvalue weighted by Gasteiger charge is 2.40. The minimum Gasteiger partial charge on any atom is -0.868 e. The zero-order valence-electron chi connectivity index (χ0n) is 19.5. The maximum Gasteiger partial charge on any atom is 0.240 e. The molecule has 1 amide bonds. The van der Waals surface area contributed by atoms with Gasteiger partial charge in [0.2, 0.25) is 11.7 Å². The first kappa shape index (κ1) is 24.3. The molecule has 0 radical (unpaired) electrons. The second-order valence-corrected chi connectivity index (χ2v) is 9.27. The van der Waals surface area contributed by atoms with Gasteiger partial charge in [0.05, 0.1) is 50.9 Å². The van der Waals surface area contributed by atoms with E-state index in [0.717, 1.165) is 19.5 Å². The summed E-state index contributed by atoms with van der Waals surface area (Å²) in [5, 5.41) is 14.9. The van der Waals surface area contributed by atoms with Gasteiger partial charge in [-0.25, -0.2) is 0 Å². The van der Waals surface area contributed by atoms with Crippen molar-refractivity contribution in [3.8, 4) is 11.5 Å². The van der Waals surface area contributed by atoms with Crippen molar-refractivity contribution in [1.29, 1.82) is 0 Å². The lowest BCUT2D eigenvalue weighted by Gasteiger charge is -2.30. The van der Waals surface area contributed by atoms with Gasteiger partial charge >= 0.3 is 0 Å². The SMILES string of the molecule is CCCOc1ccc(C2C(C(=O)c3cccs3)=C([O-])C(=O)N2CC[NH+]2CCOCC2)cc1OC. The fourth-order valence-corrected chi connectivity index (χ4v) is 5.04. The molecule has 2 aliphatic heterocycles. The zero-order valence-corrected chi connectivity index (χ0v) is 20.3. The predicted molar refractivity (Wildman–Crippen MR) is 125 cm³/mol. The summed E-state index contributed by atoms with van der Waals surface area (Å²) in [6, 6.07) is 8.01. The van der Waals surface area contributed by atoms with Crippen LogP contribution in [0.15, 0.2) is 47.0 Å². The van der Waals surface area contributed by atoms with Crippen molar-refractivity contribution in [2.45, 2.75) is 19.4 Å².